The summed E-state index contributed by atoms with van der Waals surface area (Å²) in [5.41, 5.74) is -0.697. The molecule has 0 amide bonds. The second-order valence-corrected chi connectivity index (χ2v) is 3.82. The van der Waals surface area contributed by atoms with E-state index in [1.807, 2.05) is 19.0 Å². The predicted molar refractivity (Wildman–Crippen MR) is 45.5 cm³/mol. The van der Waals surface area contributed by atoms with E-state index in [4.69, 9.17) is 5.11 Å². The van der Waals surface area contributed by atoms with E-state index in [1.54, 1.807) is 13.8 Å². The molecule has 0 aromatic heterocycles. The van der Waals surface area contributed by atoms with Crippen LogP contribution in [0, 0.1) is 0 Å². The quantitative estimate of drug-likeness (QED) is 0.613. The van der Waals surface area contributed by atoms with Gasteiger partial charge >= 0.3 is 0 Å². The highest BCUT2D eigenvalue weighted by molar-refractivity contribution is 4.75. The Morgan fingerprint density at radius 2 is 1.82 bits per heavy atom. The maximum Gasteiger partial charge on any atom is 0.0607 e. The van der Waals surface area contributed by atoms with E-state index >= 15 is 0 Å². The summed E-state index contributed by atoms with van der Waals surface area (Å²) in [5.74, 6) is 0. The van der Waals surface area contributed by atoms with Crippen molar-refractivity contribution in [3.05, 3.63) is 0 Å². The topological polar surface area (TPSA) is 43.7 Å². The van der Waals surface area contributed by atoms with Gasteiger partial charge < -0.3 is 15.1 Å². The molecule has 3 nitrogen and oxygen atoms in total. The zero-order chi connectivity index (χ0) is 9.07. The van der Waals surface area contributed by atoms with Crippen molar-refractivity contribution in [2.75, 3.05) is 20.7 Å². The lowest BCUT2D eigenvalue weighted by Gasteiger charge is -2.28. The van der Waals surface area contributed by atoms with Crippen molar-refractivity contribution in [1.29, 1.82) is 0 Å². The molecule has 0 aliphatic carbocycles. The summed E-state index contributed by atoms with van der Waals surface area (Å²) in [4.78, 5) is 1.91. The third kappa shape index (κ3) is 5.18. The van der Waals surface area contributed by atoms with Gasteiger partial charge in [-0.2, -0.15) is 0 Å². The Hall–Kier alpha value is -0.120. The summed E-state index contributed by atoms with van der Waals surface area (Å²) in [6.45, 7) is 3.59. The first-order valence-electron chi connectivity index (χ1n) is 3.86. The lowest BCUT2D eigenvalue weighted by atomic mass is 9.99. The summed E-state index contributed by atoms with van der Waals surface area (Å²) in [5, 5.41) is 18.3. The van der Waals surface area contributed by atoms with Crippen molar-refractivity contribution < 1.29 is 10.2 Å². The summed E-state index contributed by atoms with van der Waals surface area (Å²) < 4.78 is 0. The smallest absolute Gasteiger partial charge is 0.0607 e. The maximum atomic E-state index is 9.43. The van der Waals surface area contributed by atoms with Gasteiger partial charge in [-0.05, 0) is 34.4 Å². The van der Waals surface area contributed by atoms with Gasteiger partial charge in [0, 0.05) is 6.04 Å². The molecule has 2 N–H and O–H groups in total. The average Bonchev–Trinajstić information content (AvgIpc) is 1.80. The molecular formula is C8H19NO2. The minimum absolute atomic E-state index is 0.0509. The fraction of sp³-hybridized carbons (Fsp3) is 1.00. The molecule has 0 bridgehead atoms. The number of likely N-dealkylation sites (N-methyl/N-ethyl adjacent to an activating group) is 1. The van der Waals surface area contributed by atoms with Crippen LogP contribution in [0.3, 0.4) is 0 Å². The lowest BCUT2D eigenvalue weighted by Crippen LogP contribution is -2.38. The van der Waals surface area contributed by atoms with Crippen LogP contribution in [0.2, 0.25) is 0 Å². The van der Waals surface area contributed by atoms with E-state index < -0.39 is 5.60 Å². The van der Waals surface area contributed by atoms with E-state index in [1.165, 1.54) is 0 Å². The zero-order valence-electron chi connectivity index (χ0n) is 7.83. The summed E-state index contributed by atoms with van der Waals surface area (Å²) in [6, 6.07) is 0.0509. The molecule has 0 fully saturated rings. The van der Waals surface area contributed by atoms with Gasteiger partial charge in [-0.25, -0.2) is 0 Å². The second kappa shape index (κ2) is 4.04. The molecule has 0 aromatic carbocycles. The Bertz CT molecular complexity index is 107. The van der Waals surface area contributed by atoms with Crippen LogP contribution in [0.5, 0.6) is 0 Å². The van der Waals surface area contributed by atoms with Crippen molar-refractivity contribution in [2.24, 2.45) is 0 Å². The fourth-order valence-corrected chi connectivity index (χ4v) is 0.987. The van der Waals surface area contributed by atoms with Crippen LogP contribution >= 0.6 is 0 Å². The third-order valence-corrected chi connectivity index (χ3v) is 1.68. The average molecular weight is 161 g/mol. The lowest BCUT2D eigenvalue weighted by molar-refractivity contribution is 0.0286. The summed E-state index contributed by atoms with van der Waals surface area (Å²) >= 11 is 0. The minimum atomic E-state index is -0.697. The van der Waals surface area contributed by atoms with Crippen molar-refractivity contribution in [3.63, 3.8) is 0 Å². The summed E-state index contributed by atoms with van der Waals surface area (Å²) in [6.07, 6.45) is 0.594. The molecule has 0 aliphatic rings. The van der Waals surface area contributed by atoms with E-state index in [2.05, 4.69) is 0 Å². The molecule has 0 aromatic rings. The van der Waals surface area contributed by atoms with Gasteiger partial charge in [0.2, 0.25) is 0 Å². The fourth-order valence-electron chi connectivity index (χ4n) is 0.987. The van der Waals surface area contributed by atoms with E-state index in [-0.39, 0.29) is 12.6 Å². The second-order valence-electron chi connectivity index (χ2n) is 3.82. The molecule has 0 rings (SSSR count). The first-order valence-corrected chi connectivity index (χ1v) is 3.86. The van der Waals surface area contributed by atoms with Crippen molar-refractivity contribution in [2.45, 2.75) is 31.9 Å². The van der Waals surface area contributed by atoms with Crippen molar-refractivity contribution >= 4 is 0 Å². The van der Waals surface area contributed by atoms with Crippen LogP contribution in [-0.2, 0) is 0 Å². The Morgan fingerprint density at radius 1 is 1.36 bits per heavy atom. The summed E-state index contributed by atoms with van der Waals surface area (Å²) in [7, 11) is 3.79. The molecule has 0 saturated carbocycles. The largest absolute Gasteiger partial charge is 0.395 e. The van der Waals surface area contributed by atoms with Crippen LogP contribution in [0.15, 0.2) is 0 Å². The molecule has 0 radical (unpaired) electrons. The van der Waals surface area contributed by atoms with Crippen LogP contribution in [0.1, 0.15) is 20.3 Å². The third-order valence-electron chi connectivity index (χ3n) is 1.68. The van der Waals surface area contributed by atoms with Gasteiger partial charge in [0.05, 0.1) is 12.2 Å². The van der Waals surface area contributed by atoms with Crippen molar-refractivity contribution in [1.82, 2.24) is 4.90 Å². The van der Waals surface area contributed by atoms with Gasteiger partial charge in [0.15, 0.2) is 0 Å². The molecule has 3 heteroatoms. The molecule has 1 unspecified atom stereocenters. The highest BCUT2D eigenvalue weighted by Gasteiger charge is 2.20. The monoisotopic (exact) mass is 161 g/mol. The normalized spacial score (nSPS) is 15.5. The molecule has 0 saturated heterocycles. The highest BCUT2D eigenvalue weighted by atomic mass is 16.3. The molecule has 0 heterocycles. The number of rotatable bonds is 4. The van der Waals surface area contributed by atoms with Gasteiger partial charge in [-0.3, -0.25) is 0 Å². The van der Waals surface area contributed by atoms with Crippen LogP contribution in [-0.4, -0.2) is 47.5 Å². The Morgan fingerprint density at radius 3 is 1.91 bits per heavy atom. The first-order chi connectivity index (χ1) is 4.87. The van der Waals surface area contributed by atoms with Crippen molar-refractivity contribution in [3.8, 4) is 0 Å². The predicted octanol–water partition coefficient (Wildman–Crippen LogP) is 0.0699. The SMILES string of the molecule is CN(C)C(CO)CC(C)(C)O. The zero-order valence-corrected chi connectivity index (χ0v) is 7.83. The van der Waals surface area contributed by atoms with Crippen LogP contribution < -0.4 is 0 Å². The number of nitrogens with zero attached hydrogens (tertiary/aromatic N) is 1. The number of aliphatic hydroxyl groups excluding tert-OH is 1. The number of aliphatic hydroxyl groups is 2. The molecular weight excluding hydrogens is 142 g/mol. The number of hydrogen-bond acceptors (Lipinski definition) is 3. The Balaban J connectivity index is 3.88. The van der Waals surface area contributed by atoms with Gasteiger partial charge in [-0.15, -0.1) is 0 Å². The molecule has 11 heavy (non-hydrogen) atoms. The minimum Gasteiger partial charge on any atom is -0.395 e. The first kappa shape index (κ1) is 10.9. The van der Waals surface area contributed by atoms with E-state index in [0.717, 1.165) is 0 Å². The number of hydrogen-bond donors (Lipinski definition) is 2. The van der Waals surface area contributed by atoms with Gasteiger partial charge in [-0.1, -0.05) is 0 Å². The standard InChI is InChI=1S/C8H19NO2/c1-8(2,11)5-7(6-10)9(3)4/h7,10-11H,5-6H2,1-4H3. The maximum absolute atomic E-state index is 9.43. The Kier molecular flexibility index (Phi) is 4.00. The van der Waals surface area contributed by atoms with Gasteiger partial charge in [0.25, 0.3) is 0 Å². The Labute approximate surface area is 68.6 Å². The van der Waals surface area contributed by atoms with Crippen LogP contribution in [0.25, 0.3) is 0 Å². The molecule has 0 spiro atoms. The van der Waals surface area contributed by atoms with Crippen LogP contribution in [0.4, 0.5) is 0 Å². The van der Waals surface area contributed by atoms with Gasteiger partial charge in [0.1, 0.15) is 0 Å². The molecule has 0 aliphatic heterocycles. The highest BCUT2D eigenvalue weighted by Crippen LogP contribution is 2.12. The van der Waals surface area contributed by atoms with E-state index in [0.29, 0.717) is 6.42 Å². The van der Waals surface area contributed by atoms with E-state index in [9.17, 15) is 5.11 Å². The molecule has 1 atom stereocenters. The molecule has 68 valence electrons.